The number of nitrogens with two attached hydrogens (primary N) is 1. The zero-order valence-electron chi connectivity index (χ0n) is 8.91. The van der Waals surface area contributed by atoms with Crippen molar-refractivity contribution in [3.05, 3.63) is 56.2 Å². The van der Waals surface area contributed by atoms with E-state index in [9.17, 15) is 0 Å². The van der Waals surface area contributed by atoms with E-state index in [1.165, 1.54) is 16.0 Å². The van der Waals surface area contributed by atoms with Gasteiger partial charge in [0, 0.05) is 9.35 Å². The van der Waals surface area contributed by atoms with Gasteiger partial charge in [0.05, 0.1) is 6.04 Å². The standard InChI is InChI=1S/C12H13BrN2S/c1-8-7-9(4-5-10(8)13)12(15-14)11-3-2-6-16-11/h2-7,12,15H,14H2,1H3. The first kappa shape index (κ1) is 11.8. The van der Waals surface area contributed by atoms with Gasteiger partial charge in [-0.3, -0.25) is 5.84 Å². The second-order valence-corrected chi connectivity index (χ2v) is 5.46. The highest BCUT2D eigenvalue weighted by atomic mass is 79.9. The van der Waals surface area contributed by atoms with Crippen molar-refractivity contribution in [2.45, 2.75) is 13.0 Å². The Hall–Kier alpha value is -0.680. The van der Waals surface area contributed by atoms with Crippen LogP contribution in [0.3, 0.4) is 0 Å². The van der Waals surface area contributed by atoms with Crippen molar-refractivity contribution in [2.75, 3.05) is 0 Å². The third kappa shape index (κ3) is 2.35. The van der Waals surface area contributed by atoms with Crippen LogP contribution in [-0.4, -0.2) is 0 Å². The Morgan fingerprint density at radius 1 is 1.38 bits per heavy atom. The van der Waals surface area contributed by atoms with Crippen molar-refractivity contribution in [3.63, 3.8) is 0 Å². The van der Waals surface area contributed by atoms with Crippen LogP contribution in [0.5, 0.6) is 0 Å². The summed E-state index contributed by atoms with van der Waals surface area (Å²) in [5.41, 5.74) is 5.27. The highest BCUT2D eigenvalue weighted by Crippen LogP contribution is 2.27. The molecule has 0 aliphatic rings. The maximum absolute atomic E-state index is 5.63. The lowest BCUT2D eigenvalue weighted by molar-refractivity contribution is 0.646. The molecule has 0 radical (unpaired) electrons. The van der Waals surface area contributed by atoms with Gasteiger partial charge in [0.15, 0.2) is 0 Å². The number of rotatable bonds is 3. The molecule has 0 spiro atoms. The summed E-state index contributed by atoms with van der Waals surface area (Å²) in [6, 6.07) is 10.5. The van der Waals surface area contributed by atoms with E-state index in [0.717, 1.165) is 4.47 Å². The van der Waals surface area contributed by atoms with E-state index in [0.29, 0.717) is 0 Å². The van der Waals surface area contributed by atoms with Crippen molar-refractivity contribution < 1.29 is 0 Å². The summed E-state index contributed by atoms with van der Waals surface area (Å²) in [4.78, 5) is 1.23. The highest BCUT2D eigenvalue weighted by Gasteiger charge is 2.13. The second kappa shape index (κ2) is 5.10. The van der Waals surface area contributed by atoms with Crippen LogP contribution in [0.1, 0.15) is 22.0 Å². The van der Waals surface area contributed by atoms with E-state index in [2.05, 4.69) is 57.9 Å². The van der Waals surface area contributed by atoms with E-state index >= 15 is 0 Å². The molecule has 1 heterocycles. The predicted molar refractivity (Wildman–Crippen MR) is 72.4 cm³/mol. The van der Waals surface area contributed by atoms with Crippen LogP contribution in [0.25, 0.3) is 0 Å². The average molecular weight is 297 g/mol. The Labute approximate surface area is 108 Å². The van der Waals surface area contributed by atoms with Gasteiger partial charge in [0.2, 0.25) is 0 Å². The molecule has 4 heteroatoms. The molecule has 2 aromatic rings. The molecule has 0 bridgehead atoms. The second-order valence-electron chi connectivity index (χ2n) is 3.62. The predicted octanol–water partition coefficient (Wildman–Crippen LogP) is 3.37. The minimum atomic E-state index is 0.0757. The van der Waals surface area contributed by atoms with E-state index < -0.39 is 0 Å². The van der Waals surface area contributed by atoms with Gasteiger partial charge < -0.3 is 0 Å². The van der Waals surface area contributed by atoms with Crippen LogP contribution in [0.15, 0.2) is 40.2 Å². The zero-order chi connectivity index (χ0) is 11.5. The summed E-state index contributed by atoms with van der Waals surface area (Å²) in [5.74, 6) is 5.63. The number of hydrazine groups is 1. The summed E-state index contributed by atoms with van der Waals surface area (Å²) in [6.07, 6.45) is 0. The van der Waals surface area contributed by atoms with Crippen molar-refractivity contribution in [1.29, 1.82) is 0 Å². The van der Waals surface area contributed by atoms with Gasteiger partial charge in [-0.15, -0.1) is 11.3 Å². The van der Waals surface area contributed by atoms with Crippen LogP contribution < -0.4 is 11.3 Å². The summed E-state index contributed by atoms with van der Waals surface area (Å²) < 4.78 is 1.12. The summed E-state index contributed by atoms with van der Waals surface area (Å²) in [6.45, 7) is 2.08. The first-order valence-corrected chi connectivity index (χ1v) is 6.65. The molecule has 1 aromatic carbocycles. The molecule has 1 aromatic heterocycles. The third-order valence-electron chi connectivity index (χ3n) is 2.51. The lowest BCUT2D eigenvalue weighted by Gasteiger charge is -2.15. The Morgan fingerprint density at radius 2 is 2.19 bits per heavy atom. The van der Waals surface area contributed by atoms with E-state index in [1.807, 2.05) is 6.07 Å². The molecule has 0 saturated heterocycles. The number of aryl methyl sites for hydroxylation is 1. The summed E-state index contributed by atoms with van der Waals surface area (Å²) >= 11 is 5.21. The minimum Gasteiger partial charge on any atom is -0.271 e. The molecule has 84 valence electrons. The summed E-state index contributed by atoms with van der Waals surface area (Å²) in [5, 5.41) is 2.06. The van der Waals surface area contributed by atoms with Crippen LogP contribution in [0, 0.1) is 6.92 Å². The molecule has 1 atom stereocenters. The van der Waals surface area contributed by atoms with Crippen molar-refractivity contribution in [3.8, 4) is 0 Å². The fraction of sp³-hybridized carbons (Fsp3) is 0.167. The third-order valence-corrected chi connectivity index (χ3v) is 4.34. The smallest absolute Gasteiger partial charge is 0.0802 e. The Morgan fingerprint density at radius 3 is 2.75 bits per heavy atom. The number of nitrogens with one attached hydrogen (secondary N) is 1. The van der Waals surface area contributed by atoms with Crippen molar-refractivity contribution in [2.24, 2.45) is 5.84 Å². The highest BCUT2D eigenvalue weighted by molar-refractivity contribution is 9.10. The van der Waals surface area contributed by atoms with Crippen molar-refractivity contribution in [1.82, 2.24) is 5.43 Å². The number of hydrogen-bond acceptors (Lipinski definition) is 3. The molecule has 0 aliphatic heterocycles. The minimum absolute atomic E-state index is 0.0757. The summed E-state index contributed by atoms with van der Waals surface area (Å²) in [7, 11) is 0. The SMILES string of the molecule is Cc1cc(C(NN)c2cccs2)ccc1Br. The molecule has 2 rings (SSSR count). The normalized spacial score (nSPS) is 12.7. The van der Waals surface area contributed by atoms with Gasteiger partial charge in [0.1, 0.15) is 0 Å². The fourth-order valence-corrected chi connectivity index (χ4v) is 2.70. The Bertz CT molecular complexity index is 468. The number of benzene rings is 1. The van der Waals surface area contributed by atoms with Crippen LogP contribution in [-0.2, 0) is 0 Å². The molecule has 0 amide bonds. The molecule has 0 saturated carbocycles. The first-order chi connectivity index (χ1) is 7.72. The van der Waals surface area contributed by atoms with Gasteiger partial charge in [0.25, 0.3) is 0 Å². The van der Waals surface area contributed by atoms with E-state index in [1.54, 1.807) is 11.3 Å². The average Bonchev–Trinajstić information content (AvgIpc) is 2.78. The largest absolute Gasteiger partial charge is 0.271 e. The Balaban J connectivity index is 2.37. The molecular weight excluding hydrogens is 284 g/mol. The lowest BCUT2D eigenvalue weighted by Crippen LogP contribution is -2.28. The van der Waals surface area contributed by atoms with Crippen molar-refractivity contribution >= 4 is 27.3 Å². The molecule has 0 aliphatic carbocycles. The van der Waals surface area contributed by atoms with Crippen LogP contribution in [0.2, 0.25) is 0 Å². The molecule has 1 unspecified atom stereocenters. The topological polar surface area (TPSA) is 38.0 Å². The van der Waals surface area contributed by atoms with Gasteiger partial charge in [-0.1, -0.05) is 34.1 Å². The molecule has 2 nitrogen and oxygen atoms in total. The zero-order valence-corrected chi connectivity index (χ0v) is 11.3. The van der Waals surface area contributed by atoms with Gasteiger partial charge in [-0.2, -0.15) is 0 Å². The lowest BCUT2D eigenvalue weighted by atomic mass is 10.0. The van der Waals surface area contributed by atoms with E-state index in [4.69, 9.17) is 5.84 Å². The molecule has 16 heavy (non-hydrogen) atoms. The number of halogens is 1. The Kier molecular flexibility index (Phi) is 3.76. The fourth-order valence-electron chi connectivity index (χ4n) is 1.65. The molecule has 0 fully saturated rings. The maximum atomic E-state index is 5.63. The number of hydrogen-bond donors (Lipinski definition) is 2. The first-order valence-electron chi connectivity index (χ1n) is 4.98. The number of thiophene rings is 1. The maximum Gasteiger partial charge on any atom is 0.0802 e. The monoisotopic (exact) mass is 296 g/mol. The van der Waals surface area contributed by atoms with Gasteiger partial charge >= 0.3 is 0 Å². The van der Waals surface area contributed by atoms with Crippen LogP contribution >= 0.6 is 27.3 Å². The molecule has 3 N–H and O–H groups in total. The van der Waals surface area contributed by atoms with Crippen LogP contribution in [0.4, 0.5) is 0 Å². The van der Waals surface area contributed by atoms with E-state index in [-0.39, 0.29) is 6.04 Å². The quantitative estimate of drug-likeness (QED) is 0.673. The van der Waals surface area contributed by atoms with Gasteiger partial charge in [-0.05, 0) is 35.6 Å². The van der Waals surface area contributed by atoms with Gasteiger partial charge in [-0.25, -0.2) is 5.43 Å². The molecular formula is C12H13BrN2S.